The van der Waals surface area contributed by atoms with E-state index in [1.807, 2.05) is 12.1 Å². The second-order valence-electron chi connectivity index (χ2n) is 8.03. The third kappa shape index (κ3) is 3.82. The van der Waals surface area contributed by atoms with Crippen molar-refractivity contribution in [3.8, 4) is 11.5 Å². The molecule has 1 amide bonds. The van der Waals surface area contributed by atoms with Gasteiger partial charge in [-0.2, -0.15) is 18.3 Å². The van der Waals surface area contributed by atoms with E-state index >= 15 is 0 Å². The number of aromatic nitrogens is 4. The molecule has 1 N–H and O–H groups in total. The summed E-state index contributed by atoms with van der Waals surface area (Å²) in [7, 11) is 1.31. The van der Waals surface area contributed by atoms with Crippen molar-refractivity contribution >= 4 is 5.91 Å². The number of hydrogen-bond acceptors (Lipinski definition) is 5. The molecule has 3 aromatic rings. The van der Waals surface area contributed by atoms with E-state index in [1.54, 1.807) is 6.20 Å². The molecule has 0 aromatic carbocycles. The molecule has 3 aromatic heterocycles. The Balaban J connectivity index is 1.39. The molecular formula is C21H20F3N5O2. The number of carbonyl (C=O) groups excluding carboxylic acids is 1. The van der Waals surface area contributed by atoms with Gasteiger partial charge in [-0.25, -0.2) is 4.98 Å². The number of amides is 1. The van der Waals surface area contributed by atoms with E-state index in [0.717, 1.165) is 41.3 Å². The summed E-state index contributed by atoms with van der Waals surface area (Å²) in [4.78, 5) is 21.7. The minimum Gasteiger partial charge on any atom is -0.441 e. The highest BCUT2D eigenvalue weighted by atomic mass is 19.4. The lowest BCUT2D eigenvalue weighted by atomic mass is 9.96. The normalized spacial score (nSPS) is 18.6. The Bertz CT molecular complexity index is 1150. The molecule has 0 radical (unpaired) electrons. The fraction of sp³-hybridized carbons (Fsp3) is 0.429. The van der Waals surface area contributed by atoms with Crippen LogP contribution in [0.4, 0.5) is 13.2 Å². The van der Waals surface area contributed by atoms with Gasteiger partial charge in [0.1, 0.15) is 17.1 Å². The number of nitrogens with zero attached hydrogens (tertiary/aromatic N) is 4. The summed E-state index contributed by atoms with van der Waals surface area (Å²) in [6.45, 7) is 0. The number of rotatable bonds is 4. The Kier molecular flexibility index (Phi) is 4.60. The van der Waals surface area contributed by atoms with E-state index in [9.17, 15) is 18.0 Å². The Labute approximate surface area is 175 Å². The highest BCUT2D eigenvalue weighted by Gasteiger charge is 2.36. The second-order valence-corrected chi connectivity index (χ2v) is 8.03. The van der Waals surface area contributed by atoms with Gasteiger partial charge in [-0.05, 0) is 37.8 Å². The third-order valence-electron chi connectivity index (χ3n) is 5.69. The molecule has 0 unspecified atom stereocenters. The van der Waals surface area contributed by atoms with Crippen LogP contribution >= 0.6 is 0 Å². The van der Waals surface area contributed by atoms with Crippen molar-refractivity contribution < 1.29 is 22.4 Å². The van der Waals surface area contributed by atoms with Crippen molar-refractivity contribution in [3.05, 3.63) is 52.9 Å². The zero-order chi connectivity index (χ0) is 21.8. The molecule has 1 fully saturated rings. The average Bonchev–Trinajstić information content (AvgIpc) is 3.35. The first-order valence-electron chi connectivity index (χ1n) is 10.2. The number of hydrogen-bond donors (Lipinski definition) is 1. The highest BCUT2D eigenvalue weighted by molar-refractivity contribution is 5.93. The lowest BCUT2D eigenvalue weighted by molar-refractivity contribution is -0.141. The van der Waals surface area contributed by atoms with Gasteiger partial charge in [0.25, 0.3) is 5.91 Å². The van der Waals surface area contributed by atoms with Crippen LogP contribution < -0.4 is 5.32 Å². The minimum atomic E-state index is -4.61. The van der Waals surface area contributed by atoms with E-state index < -0.39 is 23.8 Å². The van der Waals surface area contributed by atoms with Crippen molar-refractivity contribution in [2.45, 2.75) is 50.2 Å². The van der Waals surface area contributed by atoms with Gasteiger partial charge in [0, 0.05) is 42.9 Å². The van der Waals surface area contributed by atoms with E-state index in [4.69, 9.17) is 4.42 Å². The van der Waals surface area contributed by atoms with Crippen molar-refractivity contribution in [3.63, 3.8) is 0 Å². The maximum Gasteiger partial charge on any atom is 0.435 e. The van der Waals surface area contributed by atoms with Gasteiger partial charge in [-0.3, -0.25) is 14.5 Å². The fourth-order valence-corrected chi connectivity index (χ4v) is 3.92. The summed E-state index contributed by atoms with van der Waals surface area (Å²) in [5, 5.41) is 6.20. The van der Waals surface area contributed by atoms with Crippen LogP contribution in [0, 0.1) is 0 Å². The smallest absolute Gasteiger partial charge is 0.435 e. The first kappa shape index (κ1) is 19.8. The Morgan fingerprint density at radius 2 is 2.06 bits per heavy atom. The summed E-state index contributed by atoms with van der Waals surface area (Å²) in [5.41, 5.74) is 1.22. The van der Waals surface area contributed by atoms with Crippen LogP contribution in [0.15, 0.2) is 28.8 Å². The summed E-state index contributed by atoms with van der Waals surface area (Å²) in [6.07, 6.45) is 1.49. The molecule has 3 heterocycles. The molecule has 0 spiro atoms. The molecule has 162 valence electrons. The standard InChI is InChI=1S/C21H20F3N5O2/c1-29-15(10-17(28-29)21(22,23)24)19(30)26-13-3-2-4-16-18(13)27-20(31-16)12-7-8-25-14(9-12)11-5-6-11/h7-11,13H,2-6H2,1H3,(H,26,30)/t13-/m0/s1. The Hall–Kier alpha value is -3.17. The van der Waals surface area contributed by atoms with Crippen LogP contribution in [0.3, 0.4) is 0 Å². The van der Waals surface area contributed by atoms with Crippen molar-refractivity contribution in [2.75, 3.05) is 0 Å². The van der Waals surface area contributed by atoms with Gasteiger partial charge in [-0.15, -0.1) is 0 Å². The largest absolute Gasteiger partial charge is 0.441 e. The summed E-state index contributed by atoms with van der Waals surface area (Å²) in [6, 6.07) is 4.13. The third-order valence-corrected chi connectivity index (χ3v) is 5.69. The first-order valence-corrected chi connectivity index (χ1v) is 10.2. The molecule has 0 bridgehead atoms. The molecular weight excluding hydrogens is 411 g/mol. The number of halogens is 3. The average molecular weight is 431 g/mol. The van der Waals surface area contributed by atoms with Gasteiger partial charge >= 0.3 is 6.18 Å². The second kappa shape index (κ2) is 7.21. The summed E-state index contributed by atoms with van der Waals surface area (Å²) in [5.74, 6) is 1.03. The molecule has 31 heavy (non-hydrogen) atoms. The molecule has 10 heteroatoms. The number of oxazole rings is 1. The molecule has 2 aliphatic carbocycles. The summed E-state index contributed by atoms with van der Waals surface area (Å²) >= 11 is 0. The zero-order valence-corrected chi connectivity index (χ0v) is 16.7. The number of aryl methyl sites for hydroxylation is 2. The molecule has 1 saturated carbocycles. The van der Waals surface area contributed by atoms with Gasteiger partial charge in [0.05, 0.1) is 6.04 Å². The van der Waals surface area contributed by atoms with Gasteiger partial charge in [0.15, 0.2) is 5.69 Å². The molecule has 0 saturated heterocycles. The topological polar surface area (TPSA) is 85.8 Å². The Morgan fingerprint density at radius 3 is 2.77 bits per heavy atom. The van der Waals surface area contributed by atoms with Crippen molar-refractivity contribution in [1.29, 1.82) is 0 Å². The first-order chi connectivity index (χ1) is 14.8. The monoisotopic (exact) mass is 431 g/mol. The number of carbonyl (C=O) groups is 1. The summed E-state index contributed by atoms with van der Waals surface area (Å²) < 4.78 is 45.7. The van der Waals surface area contributed by atoms with Crippen molar-refractivity contribution in [2.24, 2.45) is 7.05 Å². The van der Waals surface area contributed by atoms with Crippen LogP contribution in [-0.2, 0) is 19.6 Å². The number of alkyl halides is 3. The number of fused-ring (bicyclic) bond motifs is 1. The molecule has 5 rings (SSSR count). The molecule has 2 aliphatic rings. The van der Waals surface area contributed by atoms with E-state index in [-0.39, 0.29) is 5.69 Å². The van der Waals surface area contributed by atoms with Crippen LogP contribution in [0.2, 0.25) is 0 Å². The lowest BCUT2D eigenvalue weighted by Gasteiger charge is -2.21. The molecule has 1 atom stereocenters. The van der Waals surface area contributed by atoms with Crippen LogP contribution in [0.5, 0.6) is 0 Å². The molecule has 7 nitrogen and oxygen atoms in total. The molecule has 0 aliphatic heterocycles. The van der Waals surface area contributed by atoms with Gasteiger partial charge in [0.2, 0.25) is 5.89 Å². The maximum atomic E-state index is 12.9. The highest BCUT2D eigenvalue weighted by Crippen LogP contribution is 2.40. The Morgan fingerprint density at radius 1 is 1.26 bits per heavy atom. The quantitative estimate of drug-likeness (QED) is 0.670. The number of pyridine rings is 1. The van der Waals surface area contributed by atoms with E-state index in [0.29, 0.717) is 36.1 Å². The predicted molar refractivity (Wildman–Crippen MR) is 103 cm³/mol. The SMILES string of the molecule is Cn1nc(C(F)(F)F)cc1C(=O)N[C@H]1CCCc2oc(-c3ccnc(C4CC4)c3)nc21. The minimum absolute atomic E-state index is 0.161. The van der Waals surface area contributed by atoms with E-state index in [1.165, 1.54) is 7.05 Å². The lowest BCUT2D eigenvalue weighted by Crippen LogP contribution is -2.32. The fourth-order valence-electron chi connectivity index (χ4n) is 3.92. The predicted octanol–water partition coefficient (Wildman–Crippen LogP) is 4.17. The van der Waals surface area contributed by atoms with Gasteiger partial charge < -0.3 is 9.73 Å². The number of nitrogens with one attached hydrogen (secondary N) is 1. The van der Waals surface area contributed by atoms with Crippen molar-refractivity contribution in [1.82, 2.24) is 25.1 Å². The van der Waals surface area contributed by atoms with Crippen LogP contribution in [0.1, 0.15) is 71.0 Å². The zero-order valence-electron chi connectivity index (χ0n) is 16.7. The van der Waals surface area contributed by atoms with Crippen LogP contribution in [0.25, 0.3) is 11.5 Å². The van der Waals surface area contributed by atoms with Crippen LogP contribution in [-0.4, -0.2) is 25.7 Å². The van der Waals surface area contributed by atoms with Gasteiger partial charge in [-0.1, -0.05) is 0 Å². The maximum absolute atomic E-state index is 12.9. The van der Waals surface area contributed by atoms with E-state index in [2.05, 4.69) is 20.4 Å².